The van der Waals surface area contributed by atoms with Gasteiger partial charge in [-0.2, -0.15) is 13.2 Å². The van der Waals surface area contributed by atoms with Crippen LogP contribution in [0.1, 0.15) is 12.0 Å². The van der Waals surface area contributed by atoms with Crippen LogP contribution in [0.3, 0.4) is 0 Å². The number of nitrogens with one attached hydrogen (secondary N) is 1. The number of anilines is 1. The van der Waals surface area contributed by atoms with Gasteiger partial charge in [0.25, 0.3) is 0 Å². The Labute approximate surface area is 147 Å². The average molecular weight is 402 g/mol. The summed E-state index contributed by atoms with van der Waals surface area (Å²) in [7, 11) is 0. The van der Waals surface area contributed by atoms with E-state index in [1.54, 1.807) is 0 Å². The van der Waals surface area contributed by atoms with Crippen molar-refractivity contribution in [2.75, 3.05) is 11.5 Å². The van der Waals surface area contributed by atoms with Crippen molar-refractivity contribution >= 4 is 23.4 Å². The molecule has 1 aromatic carbocycles. The highest BCUT2D eigenvalue weighted by molar-refractivity contribution is 8.00. The van der Waals surface area contributed by atoms with Crippen molar-refractivity contribution in [3.05, 3.63) is 17.7 Å². The van der Waals surface area contributed by atoms with Gasteiger partial charge in [-0.05, 0) is 30.5 Å². The maximum absolute atomic E-state index is 12.6. The number of ether oxygens (including phenoxy) is 1. The van der Waals surface area contributed by atoms with Crippen LogP contribution in [-0.4, -0.2) is 41.7 Å². The fourth-order valence-corrected chi connectivity index (χ4v) is 4.34. The van der Waals surface area contributed by atoms with Gasteiger partial charge in [-0.1, -0.05) is 11.8 Å². The summed E-state index contributed by atoms with van der Waals surface area (Å²) >= 11 is 0.762. The number of amides is 1. The van der Waals surface area contributed by atoms with Gasteiger partial charge in [-0.15, -0.1) is 13.2 Å². The number of carbonyl (C=O) groups is 1. The second-order valence-electron chi connectivity index (χ2n) is 5.70. The number of aryl methyl sites for hydroxylation is 1. The maximum atomic E-state index is 12.6. The molecule has 0 aliphatic carbocycles. The third-order valence-corrected chi connectivity index (χ3v) is 5.11. The number of thioether (sulfide) groups is 1. The SMILES string of the molecule is O=C(N[C@H]1Sc2cc(OC(F)(F)F)cc3c2N1[C@H](CO)CC3)C(F)(F)F. The lowest BCUT2D eigenvalue weighted by Gasteiger charge is -2.38. The van der Waals surface area contributed by atoms with E-state index >= 15 is 0 Å². The highest BCUT2D eigenvalue weighted by Gasteiger charge is 2.46. The van der Waals surface area contributed by atoms with Crippen LogP contribution in [0.2, 0.25) is 0 Å². The van der Waals surface area contributed by atoms with E-state index in [0.29, 0.717) is 24.1 Å². The zero-order chi connectivity index (χ0) is 19.3. The first-order chi connectivity index (χ1) is 12.0. The molecule has 0 fully saturated rings. The van der Waals surface area contributed by atoms with Gasteiger partial charge in [-0.25, -0.2) is 0 Å². The molecule has 2 N–H and O–H groups in total. The van der Waals surface area contributed by atoms with Crippen molar-refractivity contribution in [2.24, 2.45) is 0 Å². The summed E-state index contributed by atoms with van der Waals surface area (Å²) in [5.74, 6) is -2.65. The van der Waals surface area contributed by atoms with Crippen molar-refractivity contribution in [2.45, 2.75) is 41.8 Å². The Balaban J connectivity index is 1.95. The second-order valence-corrected chi connectivity index (χ2v) is 6.82. The predicted octanol–water partition coefficient (Wildman–Crippen LogP) is 2.77. The Hall–Kier alpha value is -1.82. The molecule has 26 heavy (non-hydrogen) atoms. The molecule has 0 aromatic heterocycles. The molecule has 1 amide bonds. The Bertz CT molecular complexity index is 724. The zero-order valence-corrected chi connectivity index (χ0v) is 13.6. The highest BCUT2D eigenvalue weighted by Crippen LogP contribution is 2.50. The number of hydrogen-bond acceptors (Lipinski definition) is 5. The van der Waals surface area contributed by atoms with Crippen LogP contribution in [0.15, 0.2) is 17.0 Å². The number of carbonyl (C=O) groups excluding carboxylic acids is 1. The second kappa shape index (κ2) is 6.41. The fraction of sp³-hybridized carbons (Fsp3) is 0.500. The summed E-state index contributed by atoms with van der Waals surface area (Å²) in [6.07, 6.45) is -9.39. The van der Waals surface area contributed by atoms with Crippen LogP contribution in [0.4, 0.5) is 32.0 Å². The molecule has 144 valence electrons. The van der Waals surface area contributed by atoms with Crippen molar-refractivity contribution in [1.29, 1.82) is 0 Å². The Morgan fingerprint density at radius 3 is 2.58 bits per heavy atom. The summed E-state index contributed by atoms with van der Waals surface area (Å²) in [6, 6.07) is 1.66. The molecule has 0 unspecified atom stereocenters. The van der Waals surface area contributed by atoms with Gasteiger partial charge in [0.1, 0.15) is 5.75 Å². The van der Waals surface area contributed by atoms with Crippen molar-refractivity contribution in [3.63, 3.8) is 0 Å². The van der Waals surface area contributed by atoms with Gasteiger partial charge in [-0.3, -0.25) is 4.79 Å². The minimum absolute atomic E-state index is 0.243. The highest BCUT2D eigenvalue weighted by atomic mass is 32.2. The quantitative estimate of drug-likeness (QED) is 0.762. The normalized spacial score (nSPS) is 22.2. The van der Waals surface area contributed by atoms with E-state index < -0.39 is 35.7 Å². The molecule has 2 aliphatic rings. The van der Waals surface area contributed by atoms with Crippen LogP contribution in [-0.2, 0) is 11.2 Å². The predicted molar refractivity (Wildman–Crippen MR) is 78.6 cm³/mol. The van der Waals surface area contributed by atoms with E-state index in [1.807, 2.05) is 5.32 Å². The molecule has 5 nitrogen and oxygen atoms in total. The molecule has 0 spiro atoms. The lowest BCUT2D eigenvalue weighted by molar-refractivity contribution is -0.274. The van der Waals surface area contributed by atoms with E-state index in [4.69, 9.17) is 0 Å². The third-order valence-electron chi connectivity index (χ3n) is 3.97. The number of aliphatic hydroxyl groups excluding tert-OH is 1. The summed E-state index contributed by atoms with van der Waals surface area (Å²) in [5.41, 5.74) is -0.346. The van der Waals surface area contributed by atoms with Gasteiger partial charge >= 0.3 is 18.4 Å². The van der Waals surface area contributed by atoms with Crippen LogP contribution >= 0.6 is 11.8 Å². The summed E-state index contributed by atoms with van der Waals surface area (Å²) in [6.45, 7) is -0.376. The fourth-order valence-electron chi connectivity index (χ4n) is 3.01. The monoisotopic (exact) mass is 402 g/mol. The van der Waals surface area contributed by atoms with Crippen molar-refractivity contribution < 1.29 is 41.0 Å². The standard InChI is InChI=1S/C14H12F6N2O3S/c15-13(16,17)11(24)21-12-22-7(5-23)2-1-6-3-8(25-14(18,19)20)4-9(26-12)10(6)22/h3-4,7,12,23H,1-2,5H2,(H,21,24)/t7-,12+/m0/s1. The number of halogens is 6. The van der Waals surface area contributed by atoms with E-state index in [1.165, 1.54) is 11.0 Å². The Morgan fingerprint density at radius 1 is 1.31 bits per heavy atom. The number of rotatable bonds is 3. The lowest BCUT2D eigenvalue weighted by atomic mass is 9.96. The molecule has 2 heterocycles. The Morgan fingerprint density at radius 2 is 2.00 bits per heavy atom. The minimum atomic E-state index is -5.10. The topological polar surface area (TPSA) is 61.8 Å². The molecule has 0 radical (unpaired) electrons. The molecule has 0 saturated heterocycles. The van der Waals surface area contributed by atoms with Gasteiger partial charge in [0.2, 0.25) is 0 Å². The molecule has 0 bridgehead atoms. The van der Waals surface area contributed by atoms with Gasteiger partial charge < -0.3 is 20.1 Å². The lowest BCUT2D eigenvalue weighted by Crippen LogP contribution is -2.54. The smallest absolute Gasteiger partial charge is 0.406 e. The molecule has 3 rings (SSSR count). The van der Waals surface area contributed by atoms with Crippen molar-refractivity contribution in [1.82, 2.24) is 5.32 Å². The first-order valence-corrected chi connectivity index (χ1v) is 8.24. The number of nitrogens with zero attached hydrogens (tertiary/aromatic N) is 1. The molecular formula is C14H12F6N2O3S. The zero-order valence-electron chi connectivity index (χ0n) is 12.8. The summed E-state index contributed by atoms with van der Waals surface area (Å²) in [5, 5.41) is 11.3. The van der Waals surface area contributed by atoms with E-state index in [9.17, 15) is 36.2 Å². The van der Waals surface area contributed by atoms with Crippen molar-refractivity contribution in [3.8, 4) is 5.75 Å². The minimum Gasteiger partial charge on any atom is -0.406 e. The van der Waals surface area contributed by atoms with Gasteiger partial charge in [0.05, 0.1) is 18.3 Å². The van der Waals surface area contributed by atoms with Gasteiger partial charge in [0.15, 0.2) is 5.50 Å². The van der Waals surface area contributed by atoms with Crippen LogP contribution in [0.25, 0.3) is 0 Å². The molecule has 0 saturated carbocycles. The maximum Gasteiger partial charge on any atom is 0.573 e. The third kappa shape index (κ3) is 3.65. The number of benzene rings is 1. The molecule has 2 aliphatic heterocycles. The first kappa shape index (κ1) is 19.0. The summed E-state index contributed by atoms with van der Waals surface area (Å²) < 4.78 is 78.9. The molecule has 1 aromatic rings. The molecule has 12 heteroatoms. The largest absolute Gasteiger partial charge is 0.573 e. The van der Waals surface area contributed by atoms with Crippen LogP contribution in [0.5, 0.6) is 5.75 Å². The van der Waals surface area contributed by atoms with Crippen LogP contribution in [0, 0.1) is 0 Å². The number of alkyl halides is 6. The number of aliphatic hydroxyl groups is 1. The summed E-state index contributed by atoms with van der Waals surface area (Å²) in [4.78, 5) is 12.9. The van der Waals surface area contributed by atoms with Crippen LogP contribution < -0.4 is 15.0 Å². The first-order valence-electron chi connectivity index (χ1n) is 7.36. The van der Waals surface area contributed by atoms with Gasteiger partial charge in [0, 0.05) is 4.90 Å². The Kier molecular flexibility index (Phi) is 4.67. The number of hydrogen-bond donors (Lipinski definition) is 2. The van der Waals surface area contributed by atoms with E-state index in [-0.39, 0.29) is 11.5 Å². The average Bonchev–Trinajstić information content (AvgIpc) is 2.84. The molecule has 2 atom stereocenters. The molecular weight excluding hydrogens is 390 g/mol. The van der Waals surface area contributed by atoms with E-state index in [2.05, 4.69) is 4.74 Å². The van der Waals surface area contributed by atoms with E-state index in [0.717, 1.165) is 17.8 Å².